The Bertz CT molecular complexity index is 510. The molecule has 4 heteroatoms. The molecule has 0 spiro atoms. The zero-order valence-corrected chi connectivity index (χ0v) is 13.6. The van der Waals surface area contributed by atoms with Crippen LogP contribution in [0.3, 0.4) is 0 Å². The summed E-state index contributed by atoms with van der Waals surface area (Å²) in [5.74, 6) is 0.0613. The van der Waals surface area contributed by atoms with Gasteiger partial charge in [-0.1, -0.05) is 31.4 Å². The van der Waals surface area contributed by atoms with Gasteiger partial charge in [-0.3, -0.25) is 4.79 Å². The first-order valence-electron chi connectivity index (χ1n) is 8.22. The minimum absolute atomic E-state index is 0.0145. The van der Waals surface area contributed by atoms with Crippen LogP contribution >= 0.6 is 0 Å². The highest BCUT2D eigenvalue weighted by Crippen LogP contribution is 2.28. The van der Waals surface area contributed by atoms with Crippen LogP contribution in [0.2, 0.25) is 0 Å². The van der Waals surface area contributed by atoms with Crippen molar-refractivity contribution in [3.05, 3.63) is 35.6 Å². The van der Waals surface area contributed by atoms with Crippen molar-refractivity contribution in [2.24, 2.45) is 11.7 Å². The molecule has 0 aromatic heterocycles. The fourth-order valence-electron chi connectivity index (χ4n) is 3.26. The summed E-state index contributed by atoms with van der Waals surface area (Å²) in [4.78, 5) is 12.7. The van der Waals surface area contributed by atoms with E-state index in [9.17, 15) is 9.18 Å². The number of hydrogen-bond donors (Lipinski definition) is 2. The number of carbonyl (C=O) groups is 1. The average molecular weight is 306 g/mol. The number of halogens is 1. The molecule has 1 saturated carbocycles. The second-order valence-corrected chi connectivity index (χ2v) is 6.85. The molecule has 1 aromatic rings. The summed E-state index contributed by atoms with van der Waals surface area (Å²) >= 11 is 0. The van der Waals surface area contributed by atoms with Gasteiger partial charge in [-0.25, -0.2) is 4.39 Å². The van der Waals surface area contributed by atoms with Crippen molar-refractivity contribution in [3.63, 3.8) is 0 Å². The van der Waals surface area contributed by atoms with Crippen LogP contribution in [-0.4, -0.2) is 18.5 Å². The zero-order valence-electron chi connectivity index (χ0n) is 13.6. The van der Waals surface area contributed by atoms with E-state index < -0.39 is 5.41 Å². The van der Waals surface area contributed by atoms with E-state index in [-0.39, 0.29) is 17.8 Å². The number of hydrogen-bond acceptors (Lipinski definition) is 2. The molecule has 0 aliphatic heterocycles. The molecule has 0 heterocycles. The molecule has 0 radical (unpaired) electrons. The van der Waals surface area contributed by atoms with E-state index in [4.69, 9.17) is 5.73 Å². The fraction of sp³-hybridized carbons (Fsp3) is 0.611. The summed E-state index contributed by atoms with van der Waals surface area (Å²) in [6.07, 6.45) is 5.95. The number of carbonyl (C=O) groups excluding carboxylic acids is 1. The molecular formula is C18H27FN2O. The third-order valence-electron chi connectivity index (χ3n) is 4.90. The number of amides is 1. The quantitative estimate of drug-likeness (QED) is 0.878. The highest BCUT2D eigenvalue weighted by molar-refractivity contribution is 5.87. The summed E-state index contributed by atoms with van der Waals surface area (Å²) in [5, 5.41) is 3.11. The molecule has 1 aliphatic carbocycles. The molecule has 1 amide bonds. The maximum Gasteiger partial charge on any atom is 0.230 e. The first-order valence-corrected chi connectivity index (χ1v) is 8.22. The van der Waals surface area contributed by atoms with E-state index >= 15 is 0 Å². The van der Waals surface area contributed by atoms with Crippen LogP contribution in [0.15, 0.2) is 24.3 Å². The van der Waals surface area contributed by atoms with Crippen molar-refractivity contribution in [2.45, 2.75) is 57.4 Å². The van der Waals surface area contributed by atoms with E-state index in [1.807, 2.05) is 13.8 Å². The van der Waals surface area contributed by atoms with Gasteiger partial charge in [-0.15, -0.1) is 0 Å². The van der Waals surface area contributed by atoms with E-state index in [1.165, 1.54) is 31.4 Å². The molecule has 1 fully saturated rings. The minimum Gasteiger partial charge on any atom is -0.351 e. The van der Waals surface area contributed by atoms with Crippen LogP contribution in [0.5, 0.6) is 0 Å². The Morgan fingerprint density at radius 1 is 1.36 bits per heavy atom. The SMILES string of the molecule is CC(C)(C(=O)NC(CN)C1CCCCC1)c1cccc(F)c1. The molecule has 0 bridgehead atoms. The van der Waals surface area contributed by atoms with Crippen molar-refractivity contribution in [1.29, 1.82) is 0 Å². The lowest BCUT2D eigenvalue weighted by Crippen LogP contribution is -2.51. The second-order valence-electron chi connectivity index (χ2n) is 6.85. The predicted molar refractivity (Wildman–Crippen MR) is 87.0 cm³/mol. The van der Waals surface area contributed by atoms with Crippen LogP contribution in [0.1, 0.15) is 51.5 Å². The second kappa shape index (κ2) is 7.23. The van der Waals surface area contributed by atoms with Crippen LogP contribution in [0.25, 0.3) is 0 Å². The maximum absolute atomic E-state index is 13.4. The third-order valence-corrected chi connectivity index (χ3v) is 4.90. The van der Waals surface area contributed by atoms with Crippen molar-refractivity contribution >= 4 is 5.91 Å². The van der Waals surface area contributed by atoms with Crippen LogP contribution < -0.4 is 11.1 Å². The molecular weight excluding hydrogens is 279 g/mol. The van der Waals surface area contributed by atoms with E-state index in [2.05, 4.69) is 5.32 Å². The van der Waals surface area contributed by atoms with Crippen molar-refractivity contribution < 1.29 is 9.18 Å². The lowest BCUT2D eigenvalue weighted by molar-refractivity contribution is -0.126. The summed E-state index contributed by atoms with van der Waals surface area (Å²) in [7, 11) is 0. The number of benzene rings is 1. The standard InChI is InChI=1S/C18H27FN2O/c1-18(2,14-9-6-10-15(19)11-14)17(22)21-16(12-20)13-7-4-3-5-8-13/h6,9-11,13,16H,3-5,7-8,12,20H2,1-2H3,(H,21,22). The molecule has 1 aromatic carbocycles. The minimum atomic E-state index is -0.774. The summed E-state index contributed by atoms with van der Waals surface area (Å²) in [6, 6.07) is 6.27. The molecule has 0 saturated heterocycles. The topological polar surface area (TPSA) is 55.1 Å². The van der Waals surface area contributed by atoms with Gasteiger partial charge in [-0.05, 0) is 50.3 Å². The van der Waals surface area contributed by atoms with Gasteiger partial charge in [0.25, 0.3) is 0 Å². The maximum atomic E-state index is 13.4. The Morgan fingerprint density at radius 2 is 2.05 bits per heavy atom. The van der Waals surface area contributed by atoms with Gasteiger partial charge >= 0.3 is 0 Å². The van der Waals surface area contributed by atoms with Crippen LogP contribution in [0.4, 0.5) is 4.39 Å². The van der Waals surface area contributed by atoms with Gasteiger partial charge in [0.2, 0.25) is 5.91 Å². The van der Waals surface area contributed by atoms with Crippen molar-refractivity contribution in [1.82, 2.24) is 5.32 Å². The van der Waals surface area contributed by atoms with Gasteiger partial charge < -0.3 is 11.1 Å². The largest absolute Gasteiger partial charge is 0.351 e. The molecule has 122 valence electrons. The Labute approximate surface area is 132 Å². The molecule has 3 N–H and O–H groups in total. The summed E-state index contributed by atoms with van der Waals surface area (Å²) in [6.45, 7) is 4.10. The summed E-state index contributed by atoms with van der Waals surface area (Å²) < 4.78 is 13.4. The smallest absolute Gasteiger partial charge is 0.230 e. The third kappa shape index (κ3) is 3.86. The Kier molecular flexibility index (Phi) is 5.57. The normalized spacial score (nSPS) is 18.0. The monoisotopic (exact) mass is 306 g/mol. The highest BCUT2D eigenvalue weighted by atomic mass is 19.1. The number of rotatable bonds is 5. The molecule has 2 rings (SSSR count). The van der Waals surface area contributed by atoms with Gasteiger partial charge in [0.1, 0.15) is 5.82 Å². The predicted octanol–water partition coefficient (Wildman–Crippen LogP) is 3.13. The number of nitrogens with one attached hydrogen (secondary N) is 1. The Balaban J connectivity index is 2.08. The number of nitrogens with two attached hydrogens (primary N) is 1. The summed E-state index contributed by atoms with van der Waals surface area (Å²) in [5.41, 5.74) is 5.79. The van der Waals surface area contributed by atoms with Gasteiger partial charge in [0.05, 0.1) is 5.41 Å². The first kappa shape index (κ1) is 16.9. The van der Waals surface area contributed by atoms with Gasteiger partial charge in [-0.2, -0.15) is 0 Å². The van der Waals surface area contributed by atoms with Crippen LogP contribution in [-0.2, 0) is 10.2 Å². The zero-order chi connectivity index (χ0) is 16.2. The van der Waals surface area contributed by atoms with Crippen molar-refractivity contribution in [3.8, 4) is 0 Å². The Morgan fingerprint density at radius 3 is 2.64 bits per heavy atom. The van der Waals surface area contributed by atoms with E-state index in [0.29, 0.717) is 18.0 Å². The lowest BCUT2D eigenvalue weighted by atomic mass is 9.81. The molecule has 1 unspecified atom stereocenters. The van der Waals surface area contributed by atoms with E-state index in [0.717, 1.165) is 12.8 Å². The van der Waals surface area contributed by atoms with Crippen molar-refractivity contribution in [2.75, 3.05) is 6.54 Å². The Hall–Kier alpha value is -1.42. The highest BCUT2D eigenvalue weighted by Gasteiger charge is 2.33. The fourth-order valence-corrected chi connectivity index (χ4v) is 3.26. The molecule has 1 atom stereocenters. The van der Waals surface area contributed by atoms with Gasteiger partial charge in [0.15, 0.2) is 0 Å². The molecule has 3 nitrogen and oxygen atoms in total. The van der Waals surface area contributed by atoms with E-state index in [1.54, 1.807) is 12.1 Å². The van der Waals surface area contributed by atoms with Gasteiger partial charge in [0, 0.05) is 12.6 Å². The molecule has 22 heavy (non-hydrogen) atoms. The lowest BCUT2D eigenvalue weighted by Gasteiger charge is -2.33. The first-order chi connectivity index (χ1) is 10.4. The van der Waals surface area contributed by atoms with Crippen LogP contribution in [0, 0.1) is 11.7 Å². The average Bonchev–Trinajstić information content (AvgIpc) is 2.53. The molecule has 1 aliphatic rings.